The number of carboxylic acids is 1. The van der Waals surface area contributed by atoms with Gasteiger partial charge in [0.15, 0.2) is 0 Å². The molecule has 0 aliphatic rings. The predicted octanol–water partition coefficient (Wildman–Crippen LogP) is 2.29. The first kappa shape index (κ1) is 14.6. The molecule has 0 unspecified atom stereocenters. The number of carbonyl (C=O) groups excluding carboxylic acids is 1. The Hall–Kier alpha value is -2.76. The molecule has 0 saturated carbocycles. The first-order chi connectivity index (χ1) is 10.0. The Labute approximate surface area is 121 Å². The maximum atomic E-state index is 11.6. The minimum atomic E-state index is -0.991. The van der Waals surface area contributed by atoms with Crippen molar-refractivity contribution in [2.75, 3.05) is 0 Å². The topological polar surface area (TPSA) is 91.6 Å². The Morgan fingerprint density at radius 3 is 2.57 bits per heavy atom. The molecular formula is C15H16N2O4. The number of aryl methyl sites for hydroxylation is 1. The number of furan rings is 1. The lowest BCUT2D eigenvalue weighted by Crippen LogP contribution is -2.34. The maximum Gasteiger partial charge on any atom is 0.335 e. The van der Waals surface area contributed by atoms with Crippen LogP contribution in [0, 0.1) is 6.92 Å². The average molecular weight is 288 g/mol. The summed E-state index contributed by atoms with van der Waals surface area (Å²) in [6.07, 6.45) is 0. The Bertz CT molecular complexity index is 649. The van der Waals surface area contributed by atoms with E-state index >= 15 is 0 Å². The molecule has 110 valence electrons. The van der Waals surface area contributed by atoms with E-state index in [0.29, 0.717) is 12.3 Å². The SMILES string of the molecule is Cc1ccc(CNC(=O)NCc2cccc(C(=O)O)c2)o1. The van der Waals surface area contributed by atoms with Crippen LogP contribution in [0.1, 0.15) is 27.4 Å². The van der Waals surface area contributed by atoms with Gasteiger partial charge in [0.2, 0.25) is 0 Å². The molecule has 0 saturated heterocycles. The van der Waals surface area contributed by atoms with Crippen LogP contribution in [0.2, 0.25) is 0 Å². The van der Waals surface area contributed by atoms with Crippen molar-refractivity contribution in [3.8, 4) is 0 Å². The van der Waals surface area contributed by atoms with Crippen molar-refractivity contribution < 1.29 is 19.1 Å². The van der Waals surface area contributed by atoms with Crippen LogP contribution in [0.15, 0.2) is 40.8 Å². The third-order valence-electron chi connectivity index (χ3n) is 2.85. The molecule has 21 heavy (non-hydrogen) atoms. The first-order valence-electron chi connectivity index (χ1n) is 6.44. The Balaban J connectivity index is 1.81. The molecule has 1 heterocycles. The molecule has 0 bridgehead atoms. The van der Waals surface area contributed by atoms with Crippen LogP contribution in [0.25, 0.3) is 0 Å². The van der Waals surface area contributed by atoms with Crippen LogP contribution >= 0.6 is 0 Å². The number of amides is 2. The van der Waals surface area contributed by atoms with E-state index in [2.05, 4.69) is 10.6 Å². The van der Waals surface area contributed by atoms with Crippen molar-refractivity contribution in [3.05, 3.63) is 59.0 Å². The molecule has 0 aliphatic carbocycles. The van der Waals surface area contributed by atoms with Crippen molar-refractivity contribution in [2.45, 2.75) is 20.0 Å². The van der Waals surface area contributed by atoms with E-state index in [9.17, 15) is 9.59 Å². The van der Waals surface area contributed by atoms with Crippen LogP contribution in [-0.2, 0) is 13.1 Å². The number of benzene rings is 1. The van der Waals surface area contributed by atoms with Gasteiger partial charge in [-0.05, 0) is 36.8 Å². The standard InChI is InChI=1S/C15H16N2O4/c1-10-5-6-13(21-10)9-17-15(20)16-8-11-3-2-4-12(7-11)14(18)19/h2-7H,8-9H2,1H3,(H,18,19)(H2,16,17,20). The van der Waals surface area contributed by atoms with Gasteiger partial charge in [-0.15, -0.1) is 0 Å². The monoisotopic (exact) mass is 288 g/mol. The van der Waals surface area contributed by atoms with Crippen LogP contribution in [0.3, 0.4) is 0 Å². The summed E-state index contributed by atoms with van der Waals surface area (Å²) in [6, 6.07) is 9.71. The van der Waals surface area contributed by atoms with Gasteiger partial charge < -0.3 is 20.2 Å². The molecular weight excluding hydrogens is 272 g/mol. The number of nitrogens with one attached hydrogen (secondary N) is 2. The van der Waals surface area contributed by atoms with Crippen LogP contribution in [0.4, 0.5) is 4.79 Å². The number of rotatable bonds is 5. The van der Waals surface area contributed by atoms with Crippen molar-refractivity contribution in [1.82, 2.24) is 10.6 Å². The zero-order valence-electron chi connectivity index (χ0n) is 11.6. The second kappa shape index (κ2) is 6.60. The summed E-state index contributed by atoms with van der Waals surface area (Å²) < 4.78 is 5.33. The summed E-state index contributed by atoms with van der Waals surface area (Å²) in [5, 5.41) is 14.2. The number of carboxylic acid groups (broad SMARTS) is 1. The molecule has 6 nitrogen and oxygen atoms in total. The van der Waals surface area contributed by atoms with Gasteiger partial charge in [0.05, 0.1) is 12.1 Å². The molecule has 0 radical (unpaired) electrons. The largest absolute Gasteiger partial charge is 0.478 e. The van der Waals surface area contributed by atoms with Gasteiger partial charge in [-0.1, -0.05) is 12.1 Å². The summed E-state index contributed by atoms with van der Waals surface area (Å²) in [6.45, 7) is 2.39. The molecule has 2 amide bonds. The van der Waals surface area contributed by atoms with Crippen LogP contribution < -0.4 is 10.6 Å². The average Bonchev–Trinajstić information content (AvgIpc) is 2.89. The van der Waals surface area contributed by atoms with Gasteiger partial charge in [-0.2, -0.15) is 0 Å². The summed E-state index contributed by atoms with van der Waals surface area (Å²) in [4.78, 5) is 22.5. The molecule has 0 atom stereocenters. The quantitative estimate of drug-likeness (QED) is 0.787. The Morgan fingerprint density at radius 2 is 1.90 bits per heavy atom. The fourth-order valence-electron chi connectivity index (χ4n) is 1.81. The number of urea groups is 1. The van der Waals surface area contributed by atoms with E-state index in [1.165, 1.54) is 12.1 Å². The van der Waals surface area contributed by atoms with Crippen LogP contribution in [-0.4, -0.2) is 17.1 Å². The maximum absolute atomic E-state index is 11.6. The highest BCUT2D eigenvalue weighted by molar-refractivity contribution is 5.87. The second-order valence-electron chi connectivity index (χ2n) is 4.55. The molecule has 0 aliphatic heterocycles. The molecule has 2 rings (SSSR count). The van der Waals surface area contributed by atoms with Gasteiger partial charge in [-0.25, -0.2) is 9.59 Å². The lowest BCUT2D eigenvalue weighted by Gasteiger charge is -2.07. The molecule has 0 spiro atoms. The normalized spacial score (nSPS) is 10.1. The first-order valence-corrected chi connectivity index (χ1v) is 6.44. The lowest BCUT2D eigenvalue weighted by molar-refractivity contribution is 0.0696. The number of hydrogen-bond donors (Lipinski definition) is 3. The van der Waals surface area contributed by atoms with Crippen molar-refractivity contribution in [2.24, 2.45) is 0 Å². The van der Waals surface area contributed by atoms with Crippen molar-refractivity contribution in [1.29, 1.82) is 0 Å². The van der Waals surface area contributed by atoms with Crippen molar-refractivity contribution >= 4 is 12.0 Å². The van der Waals surface area contributed by atoms with Crippen molar-refractivity contribution in [3.63, 3.8) is 0 Å². The zero-order valence-corrected chi connectivity index (χ0v) is 11.6. The fourth-order valence-corrected chi connectivity index (χ4v) is 1.81. The van der Waals surface area contributed by atoms with Gasteiger partial charge in [0, 0.05) is 6.54 Å². The summed E-state index contributed by atoms with van der Waals surface area (Å²) in [5.41, 5.74) is 0.916. The molecule has 1 aromatic carbocycles. The van der Waals surface area contributed by atoms with E-state index in [1.54, 1.807) is 18.2 Å². The summed E-state index contributed by atoms with van der Waals surface area (Å²) >= 11 is 0. The fraction of sp³-hybridized carbons (Fsp3) is 0.200. The van der Waals surface area contributed by atoms with E-state index < -0.39 is 5.97 Å². The summed E-state index contributed by atoms with van der Waals surface area (Å²) in [5.74, 6) is 0.475. The van der Waals surface area contributed by atoms with Crippen LogP contribution in [0.5, 0.6) is 0 Å². The predicted molar refractivity (Wildman–Crippen MR) is 75.9 cm³/mol. The minimum Gasteiger partial charge on any atom is -0.478 e. The van der Waals surface area contributed by atoms with Gasteiger partial charge in [-0.3, -0.25) is 0 Å². The Kier molecular flexibility index (Phi) is 4.61. The molecule has 3 N–H and O–H groups in total. The molecule has 1 aromatic heterocycles. The molecule has 2 aromatic rings. The van der Waals surface area contributed by atoms with Gasteiger partial charge in [0.25, 0.3) is 0 Å². The van der Waals surface area contributed by atoms with Gasteiger partial charge >= 0.3 is 12.0 Å². The Morgan fingerprint density at radius 1 is 1.14 bits per heavy atom. The van der Waals surface area contributed by atoms with E-state index in [4.69, 9.17) is 9.52 Å². The lowest BCUT2D eigenvalue weighted by atomic mass is 10.1. The smallest absolute Gasteiger partial charge is 0.335 e. The third kappa shape index (κ3) is 4.38. The molecule has 6 heteroatoms. The van der Waals surface area contributed by atoms with Gasteiger partial charge in [0.1, 0.15) is 11.5 Å². The highest BCUT2D eigenvalue weighted by Crippen LogP contribution is 2.06. The van der Waals surface area contributed by atoms with E-state index in [-0.39, 0.29) is 18.1 Å². The molecule has 0 fully saturated rings. The number of aromatic carboxylic acids is 1. The summed E-state index contributed by atoms with van der Waals surface area (Å²) in [7, 11) is 0. The van der Waals surface area contributed by atoms with E-state index in [1.807, 2.05) is 13.0 Å². The number of hydrogen-bond acceptors (Lipinski definition) is 3. The zero-order chi connectivity index (χ0) is 15.2. The highest BCUT2D eigenvalue weighted by Gasteiger charge is 2.05. The number of carbonyl (C=O) groups is 2. The highest BCUT2D eigenvalue weighted by atomic mass is 16.4. The van der Waals surface area contributed by atoms with E-state index in [0.717, 1.165) is 11.3 Å². The second-order valence-corrected chi connectivity index (χ2v) is 4.55. The minimum absolute atomic E-state index is 0.195. The third-order valence-corrected chi connectivity index (χ3v) is 2.85.